The maximum absolute atomic E-state index is 11.7. The molecule has 0 atom stereocenters. The van der Waals surface area contributed by atoms with Crippen molar-refractivity contribution in [2.75, 3.05) is 0 Å². The maximum Gasteiger partial charge on any atom is 0.162 e. The van der Waals surface area contributed by atoms with Gasteiger partial charge in [0.15, 0.2) is 5.78 Å². The largest absolute Gasteiger partial charge is 0.512 e. The van der Waals surface area contributed by atoms with Gasteiger partial charge in [-0.25, -0.2) is 0 Å². The number of aliphatic hydroxyl groups is 1. The van der Waals surface area contributed by atoms with E-state index in [2.05, 4.69) is 39.0 Å². The van der Waals surface area contributed by atoms with Crippen LogP contribution in [0.4, 0.5) is 0 Å². The molecule has 1 N–H and O–H groups in total. The van der Waals surface area contributed by atoms with Crippen LogP contribution < -0.4 is 0 Å². The molecule has 5 aromatic rings. The number of aromatic nitrogens is 2. The van der Waals surface area contributed by atoms with Crippen LogP contribution in [0.1, 0.15) is 84.0 Å². The Morgan fingerprint density at radius 1 is 0.930 bits per heavy atom. The number of rotatable bonds is 7. The van der Waals surface area contributed by atoms with Crippen LogP contribution in [-0.2, 0) is 30.3 Å². The Kier molecular flexibility index (Phi) is 9.93. The normalized spacial score (nSPS) is 13.7. The summed E-state index contributed by atoms with van der Waals surface area (Å²) in [6.45, 7) is 14.6. The summed E-state index contributed by atoms with van der Waals surface area (Å²) in [5, 5.41) is 12.0. The average Bonchev–Trinajstić information content (AvgIpc) is 3.35. The molecule has 1 aliphatic carbocycles. The van der Waals surface area contributed by atoms with Crippen molar-refractivity contribution < 1.29 is 34.4 Å². The van der Waals surface area contributed by atoms with E-state index in [4.69, 9.17) is 14.4 Å². The third-order valence-corrected chi connectivity index (χ3v) is 8.93. The number of hydrogen-bond acceptors (Lipinski definition) is 5. The fourth-order valence-corrected chi connectivity index (χ4v) is 6.21. The summed E-state index contributed by atoms with van der Waals surface area (Å²) in [6.07, 6.45) is 4.91. The SMILES string of the molecule is CCC(CC)C(=O)/C=C(\O)C(CC)CC.Cc1ccc2c3c1oc1cc[c-]c(c13)-c1nc3ccccc3nc1C2(C)C.[Ir]. The summed E-state index contributed by atoms with van der Waals surface area (Å²) in [5.41, 5.74) is 8.60. The number of fused-ring (bicyclic) bond motifs is 3. The Hall–Kier alpha value is -3.34. The number of hydrogen-bond donors (Lipinski definition) is 1. The fourth-order valence-electron chi connectivity index (χ4n) is 6.21. The Labute approximate surface area is 268 Å². The van der Waals surface area contributed by atoms with Crippen molar-refractivity contribution >= 4 is 38.8 Å². The van der Waals surface area contributed by atoms with E-state index in [-0.39, 0.29) is 48.9 Å². The minimum absolute atomic E-state index is 0. The molecule has 6 heteroatoms. The summed E-state index contributed by atoms with van der Waals surface area (Å²) >= 11 is 0. The standard InChI is InChI=1S/C24H17N2O.C13H24O2.Ir/c1-13-11-12-15-20-19-14(7-6-10-18(19)27-22(13)20)21-23(24(15,2)3)26-17-9-5-4-8-16(17)25-21;1-5-10(6-2)12(14)9-13(15)11(7-3)8-4;/h4-6,8-12H,1-3H3;9-11,14H,5-8H2,1-4H3;/q-1;;/b;12-9-;. The average molecular weight is 754 g/mol. The van der Waals surface area contributed by atoms with Crippen molar-refractivity contribution in [3.63, 3.8) is 0 Å². The molecule has 3 aromatic carbocycles. The van der Waals surface area contributed by atoms with Crippen LogP contribution in [0.5, 0.6) is 0 Å². The number of aliphatic hydroxyl groups excluding tert-OH is 1. The van der Waals surface area contributed by atoms with Gasteiger partial charge >= 0.3 is 0 Å². The first-order valence-corrected chi connectivity index (χ1v) is 15.2. The van der Waals surface area contributed by atoms with Gasteiger partial charge in [-0.1, -0.05) is 77.3 Å². The third kappa shape index (κ3) is 5.80. The van der Waals surface area contributed by atoms with Crippen LogP contribution in [-0.4, -0.2) is 20.9 Å². The van der Waals surface area contributed by atoms with Gasteiger partial charge in [0.2, 0.25) is 0 Å². The molecule has 0 saturated carbocycles. The summed E-state index contributed by atoms with van der Waals surface area (Å²) in [6, 6.07) is 19.8. The van der Waals surface area contributed by atoms with Crippen molar-refractivity contribution in [2.24, 2.45) is 11.8 Å². The van der Waals surface area contributed by atoms with Crippen molar-refractivity contribution in [1.82, 2.24) is 9.97 Å². The van der Waals surface area contributed by atoms with Gasteiger partial charge in [0.1, 0.15) is 5.58 Å². The number of carbonyl (C=O) groups excluding carboxylic acids is 1. The molecule has 0 fully saturated rings. The molecule has 0 saturated heterocycles. The number of carbonyl (C=O) groups is 1. The van der Waals surface area contributed by atoms with Crippen LogP contribution in [0.2, 0.25) is 0 Å². The van der Waals surface area contributed by atoms with E-state index in [1.807, 2.05) is 64.1 Å². The molecular weight excluding hydrogens is 713 g/mol. The molecule has 0 amide bonds. The molecule has 1 aliphatic rings. The molecule has 1 radical (unpaired) electrons. The maximum atomic E-state index is 11.7. The van der Waals surface area contributed by atoms with Crippen molar-refractivity contribution in [1.29, 1.82) is 0 Å². The molecule has 6 rings (SSSR count). The van der Waals surface area contributed by atoms with E-state index >= 15 is 0 Å². The topological polar surface area (TPSA) is 76.2 Å². The number of nitrogens with zero attached hydrogens (tertiary/aromatic N) is 2. The van der Waals surface area contributed by atoms with Crippen LogP contribution in [0.15, 0.2) is 64.8 Å². The van der Waals surface area contributed by atoms with Crippen LogP contribution in [0.25, 0.3) is 44.2 Å². The predicted molar refractivity (Wildman–Crippen MR) is 172 cm³/mol. The van der Waals surface area contributed by atoms with Crippen LogP contribution >= 0.6 is 0 Å². The fraction of sp³-hybridized carbons (Fsp3) is 0.378. The number of ketones is 1. The molecule has 0 unspecified atom stereocenters. The first-order valence-electron chi connectivity index (χ1n) is 15.2. The number of para-hydroxylation sites is 2. The first-order chi connectivity index (χ1) is 20.2. The predicted octanol–water partition coefficient (Wildman–Crippen LogP) is 9.81. The molecule has 2 aromatic heterocycles. The van der Waals surface area contributed by atoms with Gasteiger partial charge in [-0.05, 0) is 61.3 Å². The second-order valence-corrected chi connectivity index (χ2v) is 11.9. The Bertz CT molecular complexity index is 1810. The van der Waals surface area contributed by atoms with Crippen LogP contribution in [0.3, 0.4) is 0 Å². The zero-order valence-corrected chi connectivity index (χ0v) is 28.6. The van der Waals surface area contributed by atoms with E-state index in [0.717, 1.165) is 75.8 Å². The van der Waals surface area contributed by atoms with Gasteiger partial charge in [-0.2, -0.15) is 0 Å². The van der Waals surface area contributed by atoms with E-state index in [9.17, 15) is 9.90 Å². The second-order valence-electron chi connectivity index (χ2n) is 11.9. The molecule has 2 heterocycles. The van der Waals surface area contributed by atoms with Gasteiger partial charge in [-0.3, -0.25) is 14.8 Å². The molecule has 0 aliphatic heterocycles. The first kappa shape index (κ1) is 32.6. The Balaban J connectivity index is 0.000000230. The summed E-state index contributed by atoms with van der Waals surface area (Å²) in [4.78, 5) is 21.8. The van der Waals surface area contributed by atoms with Gasteiger partial charge in [0.05, 0.1) is 22.4 Å². The monoisotopic (exact) mass is 754 g/mol. The number of allylic oxidation sites excluding steroid dienone is 2. The molecule has 5 nitrogen and oxygen atoms in total. The number of aryl methyl sites for hydroxylation is 1. The van der Waals surface area contributed by atoms with E-state index in [1.165, 1.54) is 17.0 Å². The molecule has 0 spiro atoms. The smallest absolute Gasteiger partial charge is 0.162 e. The summed E-state index contributed by atoms with van der Waals surface area (Å²) in [7, 11) is 0. The third-order valence-electron chi connectivity index (χ3n) is 8.93. The Morgan fingerprint density at radius 3 is 2.19 bits per heavy atom. The van der Waals surface area contributed by atoms with Crippen molar-refractivity contribution in [3.8, 4) is 11.3 Å². The minimum atomic E-state index is -0.304. The Morgan fingerprint density at radius 2 is 1.56 bits per heavy atom. The van der Waals surface area contributed by atoms with E-state index in [1.54, 1.807) is 0 Å². The van der Waals surface area contributed by atoms with Crippen molar-refractivity contribution in [2.45, 2.75) is 79.6 Å². The van der Waals surface area contributed by atoms with E-state index < -0.39 is 0 Å². The summed E-state index contributed by atoms with van der Waals surface area (Å²) in [5.74, 6) is 0.547. The number of furan rings is 1. The zero-order valence-electron chi connectivity index (χ0n) is 26.2. The zero-order chi connectivity index (χ0) is 30.2. The molecule has 43 heavy (non-hydrogen) atoms. The second kappa shape index (κ2) is 13.1. The van der Waals surface area contributed by atoms with Crippen LogP contribution in [0, 0.1) is 24.8 Å². The van der Waals surface area contributed by atoms with Gasteiger partial charge in [-0.15, -0.1) is 17.7 Å². The van der Waals surface area contributed by atoms with Crippen molar-refractivity contribution in [3.05, 3.63) is 83.3 Å². The van der Waals surface area contributed by atoms with Gasteiger partial charge < -0.3 is 9.52 Å². The van der Waals surface area contributed by atoms with Gasteiger partial charge in [0, 0.05) is 54.8 Å². The van der Waals surface area contributed by atoms with E-state index in [0.29, 0.717) is 0 Å². The molecule has 0 bridgehead atoms. The minimum Gasteiger partial charge on any atom is -0.512 e. The molecular formula is C37H41IrN2O3-. The quantitative estimate of drug-likeness (QED) is 0.102. The summed E-state index contributed by atoms with van der Waals surface area (Å²) < 4.78 is 6.27. The molecule has 227 valence electrons. The van der Waals surface area contributed by atoms with Gasteiger partial charge in [0.25, 0.3) is 0 Å². The number of benzene rings is 3.